The van der Waals surface area contributed by atoms with Gasteiger partial charge in [-0.15, -0.1) is 11.3 Å². The van der Waals surface area contributed by atoms with Crippen molar-refractivity contribution >= 4 is 31.5 Å². The SMILES string of the molecule is Cc1cc(C)c2sc3c(C)nc(C)cc3c2c1. The molecule has 86 valence electrons. The molecule has 1 aromatic carbocycles. The number of pyridine rings is 1. The Morgan fingerprint density at radius 1 is 0.882 bits per heavy atom. The van der Waals surface area contributed by atoms with Gasteiger partial charge in [0.1, 0.15) is 0 Å². The molecule has 3 rings (SSSR count). The number of aryl methyl sites for hydroxylation is 4. The van der Waals surface area contributed by atoms with E-state index in [-0.39, 0.29) is 0 Å². The smallest absolute Gasteiger partial charge is 0.0568 e. The van der Waals surface area contributed by atoms with E-state index in [0.717, 1.165) is 11.4 Å². The summed E-state index contributed by atoms with van der Waals surface area (Å²) in [7, 11) is 0. The molecule has 0 saturated heterocycles. The summed E-state index contributed by atoms with van der Waals surface area (Å²) in [6, 6.07) is 6.76. The Morgan fingerprint density at radius 2 is 1.59 bits per heavy atom. The van der Waals surface area contributed by atoms with Crippen molar-refractivity contribution in [3.05, 3.63) is 40.7 Å². The molecule has 2 heterocycles. The standard InChI is InChI=1S/C15H15NS/c1-8-5-9(2)14-12(6-8)13-7-10(3)16-11(4)15(13)17-14/h5-7H,1-4H3. The van der Waals surface area contributed by atoms with Crippen molar-refractivity contribution < 1.29 is 0 Å². The van der Waals surface area contributed by atoms with Crippen LogP contribution in [0.3, 0.4) is 0 Å². The number of benzene rings is 1. The number of nitrogens with zero attached hydrogens (tertiary/aromatic N) is 1. The first-order chi connectivity index (χ1) is 8.06. The minimum atomic E-state index is 1.11. The van der Waals surface area contributed by atoms with Crippen molar-refractivity contribution in [2.24, 2.45) is 0 Å². The second-order valence-corrected chi connectivity index (χ2v) is 5.81. The van der Waals surface area contributed by atoms with Gasteiger partial charge in [-0.05, 0) is 45.4 Å². The van der Waals surface area contributed by atoms with Gasteiger partial charge in [-0.3, -0.25) is 4.98 Å². The molecule has 0 fully saturated rings. The Kier molecular flexibility index (Phi) is 2.23. The molecule has 0 bridgehead atoms. The van der Waals surface area contributed by atoms with Crippen molar-refractivity contribution in [3.63, 3.8) is 0 Å². The quantitative estimate of drug-likeness (QED) is 0.556. The van der Waals surface area contributed by atoms with Crippen molar-refractivity contribution in [3.8, 4) is 0 Å². The van der Waals surface area contributed by atoms with E-state index in [4.69, 9.17) is 0 Å². The number of hydrogen-bond acceptors (Lipinski definition) is 2. The molecule has 2 heteroatoms. The first-order valence-electron chi connectivity index (χ1n) is 5.84. The Bertz CT molecular complexity index is 675. The van der Waals surface area contributed by atoms with E-state index in [0.29, 0.717) is 0 Å². The fraction of sp³-hybridized carbons (Fsp3) is 0.267. The predicted molar refractivity (Wildman–Crippen MR) is 76.1 cm³/mol. The van der Waals surface area contributed by atoms with Gasteiger partial charge in [-0.2, -0.15) is 0 Å². The molecule has 0 radical (unpaired) electrons. The average molecular weight is 241 g/mol. The van der Waals surface area contributed by atoms with Crippen LogP contribution in [0.4, 0.5) is 0 Å². The first-order valence-corrected chi connectivity index (χ1v) is 6.65. The van der Waals surface area contributed by atoms with Crippen LogP contribution in [0.1, 0.15) is 22.5 Å². The van der Waals surface area contributed by atoms with Gasteiger partial charge in [0.25, 0.3) is 0 Å². The van der Waals surface area contributed by atoms with Gasteiger partial charge in [0, 0.05) is 21.2 Å². The molecule has 0 N–H and O–H groups in total. The van der Waals surface area contributed by atoms with Gasteiger partial charge in [0.05, 0.1) is 10.4 Å². The molecule has 0 aliphatic heterocycles. The molecule has 0 aliphatic rings. The average Bonchev–Trinajstić information content (AvgIpc) is 2.58. The maximum atomic E-state index is 4.56. The lowest BCUT2D eigenvalue weighted by Crippen LogP contribution is -1.84. The molecule has 17 heavy (non-hydrogen) atoms. The lowest BCUT2D eigenvalue weighted by molar-refractivity contribution is 1.16. The molecule has 0 spiro atoms. The van der Waals surface area contributed by atoms with Crippen LogP contribution in [0.5, 0.6) is 0 Å². The predicted octanol–water partition coefficient (Wildman–Crippen LogP) is 4.68. The third-order valence-corrected chi connectivity index (χ3v) is 4.65. The molecule has 3 aromatic rings. The van der Waals surface area contributed by atoms with Gasteiger partial charge < -0.3 is 0 Å². The van der Waals surface area contributed by atoms with Crippen LogP contribution in [0.25, 0.3) is 20.2 Å². The maximum absolute atomic E-state index is 4.56. The Balaban J connectivity index is 2.60. The fourth-order valence-electron chi connectivity index (χ4n) is 2.54. The third kappa shape index (κ3) is 1.55. The molecular formula is C15H15NS. The molecule has 2 aromatic heterocycles. The van der Waals surface area contributed by atoms with Gasteiger partial charge in [0.2, 0.25) is 0 Å². The number of fused-ring (bicyclic) bond motifs is 3. The highest BCUT2D eigenvalue weighted by Gasteiger charge is 2.10. The monoisotopic (exact) mass is 241 g/mol. The summed E-state index contributed by atoms with van der Waals surface area (Å²) in [6.07, 6.45) is 0. The van der Waals surface area contributed by atoms with Gasteiger partial charge in [-0.1, -0.05) is 11.6 Å². The van der Waals surface area contributed by atoms with Crippen LogP contribution in [0, 0.1) is 27.7 Å². The zero-order valence-electron chi connectivity index (χ0n) is 10.6. The van der Waals surface area contributed by atoms with E-state index in [1.165, 1.54) is 31.3 Å². The van der Waals surface area contributed by atoms with Crippen molar-refractivity contribution in [1.82, 2.24) is 4.98 Å². The second kappa shape index (κ2) is 3.54. The van der Waals surface area contributed by atoms with E-state index < -0.39 is 0 Å². The number of rotatable bonds is 0. The number of hydrogen-bond donors (Lipinski definition) is 0. The number of aromatic nitrogens is 1. The number of thiophene rings is 1. The summed E-state index contributed by atoms with van der Waals surface area (Å²) in [5.41, 5.74) is 4.96. The topological polar surface area (TPSA) is 12.9 Å². The second-order valence-electron chi connectivity index (χ2n) is 4.79. The van der Waals surface area contributed by atoms with Crippen LogP contribution in [-0.4, -0.2) is 4.98 Å². The van der Waals surface area contributed by atoms with Gasteiger partial charge in [-0.25, -0.2) is 0 Å². The van der Waals surface area contributed by atoms with Crippen LogP contribution in [-0.2, 0) is 0 Å². The summed E-state index contributed by atoms with van der Waals surface area (Å²) in [6.45, 7) is 8.53. The maximum Gasteiger partial charge on any atom is 0.0568 e. The molecular weight excluding hydrogens is 226 g/mol. The fourth-order valence-corrected chi connectivity index (χ4v) is 3.71. The van der Waals surface area contributed by atoms with E-state index >= 15 is 0 Å². The largest absolute Gasteiger partial charge is 0.257 e. The summed E-state index contributed by atoms with van der Waals surface area (Å²) in [4.78, 5) is 4.56. The summed E-state index contributed by atoms with van der Waals surface area (Å²) < 4.78 is 2.74. The molecule has 0 amide bonds. The minimum absolute atomic E-state index is 1.11. The van der Waals surface area contributed by atoms with Gasteiger partial charge in [0.15, 0.2) is 0 Å². The van der Waals surface area contributed by atoms with Crippen LogP contribution < -0.4 is 0 Å². The minimum Gasteiger partial charge on any atom is -0.257 e. The summed E-state index contributed by atoms with van der Waals surface area (Å²) in [5, 5.41) is 2.75. The van der Waals surface area contributed by atoms with E-state index in [9.17, 15) is 0 Å². The molecule has 0 saturated carbocycles. The zero-order chi connectivity index (χ0) is 12.2. The molecule has 0 unspecified atom stereocenters. The van der Waals surface area contributed by atoms with E-state index in [1.807, 2.05) is 11.3 Å². The van der Waals surface area contributed by atoms with Crippen LogP contribution in [0.2, 0.25) is 0 Å². The Labute approximate surface area is 105 Å². The van der Waals surface area contributed by atoms with E-state index in [1.54, 1.807) is 0 Å². The summed E-state index contributed by atoms with van der Waals surface area (Å²) >= 11 is 1.87. The highest BCUT2D eigenvalue weighted by atomic mass is 32.1. The Morgan fingerprint density at radius 3 is 2.35 bits per heavy atom. The van der Waals surface area contributed by atoms with Crippen LogP contribution >= 0.6 is 11.3 Å². The lowest BCUT2D eigenvalue weighted by Gasteiger charge is -2.00. The molecule has 1 nitrogen and oxygen atoms in total. The molecule has 0 aliphatic carbocycles. The molecule has 0 atom stereocenters. The normalized spacial score (nSPS) is 11.5. The van der Waals surface area contributed by atoms with Gasteiger partial charge >= 0.3 is 0 Å². The third-order valence-electron chi connectivity index (χ3n) is 3.18. The Hall–Kier alpha value is -1.41. The zero-order valence-corrected chi connectivity index (χ0v) is 11.4. The highest BCUT2D eigenvalue weighted by Crippen LogP contribution is 2.37. The lowest BCUT2D eigenvalue weighted by atomic mass is 10.1. The highest BCUT2D eigenvalue weighted by molar-refractivity contribution is 7.26. The van der Waals surface area contributed by atoms with Crippen LogP contribution in [0.15, 0.2) is 18.2 Å². The van der Waals surface area contributed by atoms with Crippen molar-refractivity contribution in [2.45, 2.75) is 27.7 Å². The summed E-state index contributed by atoms with van der Waals surface area (Å²) in [5.74, 6) is 0. The first kappa shape index (κ1) is 10.7. The van der Waals surface area contributed by atoms with E-state index in [2.05, 4.69) is 50.9 Å². The van der Waals surface area contributed by atoms with Crippen molar-refractivity contribution in [2.75, 3.05) is 0 Å². The van der Waals surface area contributed by atoms with Crippen molar-refractivity contribution in [1.29, 1.82) is 0 Å².